The summed E-state index contributed by atoms with van der Waals surface area (Å²) in [5.41, 5.74) is 0. The lowest BCUT2D eigenvalue weighted by molar-refractivity contribution is -0.121. The topological polar surface area (TPSA) is 58.6 Å². The van der Waals surface area contributed by atoms with Crippen LogP contribution in [0, 0.1) is 0 Å². The van der Waals surface area contributed by atoms with Crippen LogP contribution in [0.15, 0.2) is 0 Å². The molecule has 0 saturated heterocycles. The van der Waals surface area contributed by atoms with Crippen molar-refractivity contribution in [2.24, 2.45) is 0 Å². The third-order valence-electron chi connectivity index (χ3n) is 2.20. The van der Waals surface area contributed by atoms with Crippen LogP contribution in [0.3, 0.4) is 0 Å². The van der Waals surface area contributed by atoms with Gasteiger partial charge in [0, 0.05) is 32.4 Å². The molecule has 0 aromatic carbocycles. The molecule has 0 radical (unpaired) electrons. The summed E-state index contributed by atoms with van der Waals surface area (Å²) in [6.07, 6.45) is 2.25. The molecule has 0 rings (SSSR count). The number of hydrogen-bond acceptors (Lipinski definition) is 4. The van der Waals surface area contributed by atoms with Gasteiger partial charge in [-0.25, -0.2) is 0 Å². The van der Waals surface area contributed by atoms with E-state index in [0.717, 1.165) is 24.3 Å². The first-order valence-corrected chi connectivity index (χ1v) is 6.84. The number of amides is 1. The number of hydrogen-bond donors (Lipinski definition) is 2. The minimum Gasteiger partial charge on any atom is -0.396 e. The molecule has 0 spiro atoms. The van der Waals surface area contributed by atoms with Crippen LogP contribution >= 0.6 is 11.8 Å². The fraction of sp³-hybridized carbons (Fsp3) is 0.909. The zero-order valence-corrected chi connectivity index (χ0v) is 11.0. The predicted molar refractivity (Wildman–Crippen MR) is 67.7 cm³/mol. The van der Waals surface area contributed by atoms with Crippen LogP contribution in [0.1, 0.15) is 26.2 Å². The van der Waals surface area contributed by atoms with E-state index in [1.807, 2.05) is 6.92 Å². The highest BCUT2D eigenvalue weighted by atomic mass is 32.2. The molecule has 16 heavy (non-hydrogen) atoms. The Balaban J connectivity index is 3.24. The molecule has 96 valence electrons. The van der Waals surface area contributed by atoms with E-state index < -0.39 is 0 Å². The van der Waals surface area contributed by atoms with Crippen molar-refractivity contribution in [2.45, 2.75) is 32.3 Å². The number of carbonyl (C=O) groups excluding carboxylic acids is 1. The molecule has 0 aliphatic rings. The predicted octanol–water partition coefficient (Wildman–Crippen LogP) is 1.03. The van der Waals surface area contributed by atoms with E-state index in [-0.39, 0.29) is 18.6 Å². The molecule has 0 heterocycles. The van der Waals surface area contributed by atoms with Crippen molar-refractivity contribution in [3.05, 3.63) is 0 Å². The number of aliphatic hydroxyl groups excluding tert-OH is 1. The van der Waals surface area contributed by atoms with Crippen LogP contribution in [0.25, 0.3) is 0 Å². The number of carbonyl (C=O) groups is 1. The molecular formula is C11H23NO3S. The van der Waals surface area contributed by atoms with E-state index >= 15 is 0 Å². The Morgan fingerprint density at radius 1 is 1.50 bits per heavy atom. The summed E-state index contributed by atoms with van der Waals surface area (Å²) in [6.45, 7) is 2.91. The van der Waals surface area contributed by atoms with Gasteiger partial charge in [0.25, 0.3) is 0 Å². The molecule has 1 atom stereocenters. The van der Waals surface area contributed by atoms with Crippen LogP contribution in [0.4, 0.5) is 0 Å². The lowest BCUT2D eigenvalue weighted by Gasteiger charge is -2.09. The average Bonchev–Trinajstić information content (AvgIpc) is 2.30. The molecule has 4 nitrogen and oxygen atoms in total. The molecule has 0 fully saturated rings. The number of rotatable bonds is 10. The molecule has 2 N–H and O–H groups in total. The summed E-state index contributed by atoms with van der Waals surface area (Å²) in [5.74, 6) is 1.95. The van der Waals surface area contributed by atoms with E-state index in [2.05, 4.69) is 5.32 Å². The number of nitrogens with one attached hydrogen (secondary N) is 1. The van der Waals surface area contributed by atoms with Crippen molar-refractivity contribution in [3.63, 3.8) is 0 Å². The maximum absolute atomic E-state index is 11.3. The number of ether oxygens (including phenoxy) is 1. The molecule has 5 heteroatoms. The molecule has 0 saturated carbocycles. The van der Waals surface area contributed by atoms with Crippen LogP contribution < -0.4 is 5.32 Å². The van der Waals surface area contributed by atoms with E-state index in [0.29, 0.717) is 13.0 Å². The molecule has 1 unspecified atom stereocenters. The Morgan fingerprint density at radius 3 is 2.88 bits per heavy atom. The maximum atomic E-state index is 11.3. The van der Waals surface area contributed by atoms with Crippen LogP contribution in [-0.2, 0) is 9.53 Å². The van der Waals surface area contributed by atoms with Crippen molar-refractivity contribution in [1.29, 1.82) is 0 Å². The second-order valence-corrected chi connectivity index (χ2v) is 4.85. The zero-order valence-electron chi connectivity index (χ0n) is 10.2. The van der Waals surface area contributed by atoms with E-state index in [1.54, 1.807) is 18.9 Å². The Hall–Kier alpha value is -0.260. The summed E-state index contributed by atoms with van der Waals surface area (Å²) in [4.78, 5) is 11.3. The molecule has 0 aliphatic carbocycles. The number of aliphatic hydroxyl groups is 1. The van der Waals surface area contributed by atoms with Gasteiger partial charge >= 0.3 is 0 Å². The van der Waals surface area contributed by atoms with E-state index in [9.17, 15) is 4.79 Å². The van der Waals surface area contributed by atoms with Gasteiger partial charge in [-0.1, -0.05) is 0 Å². The van der Waals surface area contributed by atoms with Gasteiger partial charge in [0.2, 0.25) is 5.91 Å². The zero-order chi connectivity index (χ0) is 12.2. The summed E-state index contributed by atoms with van der Waals surface area (Å²) < 4.78 is 5.06. The lowest BCUT2D eigenvalue weighted by atomic mass is 10.2. The minimum atomic E-state index is 0.0895. The van der Waals surface area contributed by atoms with E-state index in [4.69, 9.17) is 9.84 Å². The van der Waals surface area contributed by atoms with E-state index in [1.165, 1.54) is 0 Å². The monoisotopic (exact) mass is 249 g/mol. The Labute approximate surface area is 102 Å². The summed E-state index contributed by atoms with van der Waals surface area (Å²) >= 11 is 1.75. The van der Waals surface area contributed by atoms with Gasteiger partial charge in [0.1, 0.15) is 0 Å². The van der Waals surface area contributed by atoms with Crippen molar-refractivity contribution >= 4 is 17.7 Å². The van der Waals surface area contributed by atoms with Gasteiger partial charge in [-0.3, -0.25) is 4.79 Å². The fourth-order valence-corrected chi connectivity index (χ4v) is 1.86. The highest BCUT2D eigenvalue weighted by molar-refractivity contribution is 7.99. The van der Waals surface area contributed by atoms with Crippen molar-refractivity contribution < 1.29 is 14.6 Å². The van der Waals surface area contributed by atoms with Gasteiger partial charge in [0.05, 0.1) is 6.10 Å². The first kappa shape index (κ1) is 15.7. The smallest absolute Gasteiger partial charge is 0.220 e. The largest absolute Gasteiger partial charge is 0.396 e. The second kappa shape index (κ2) is 11.2. The number of thioether (sulfide) groups is 1. The summed E-state index contributed by atoms with van der Waals surface area (Å²) in [6, 6.07) is 0. The molecular weight excluding hydrogens is 226 g/mol. The fourth-order valence-electron chi connectivity index (χ4n) is 1.07. The first-order chi connectivity index (χ1) is 7.70. The van der Waals surface area contributed by atoms with Crippen LogP contribution in [0.5, 0.6) is 0 Å². The average molecular weight is 249 g/mol. The SMILES string of the molecule is COC(C)CCC(=O)NCCSCCCO. The quantitative estimate of drug-likeness (QED) is 0.568. The third-order valence-corrected chi connectivity index (χ3v) is 3.27. The number of methoxy groups -OCH3 is 1. The first-order valence-electron chi connectivity index (χ1n) is 5.68. The van der Waals surface area contributed by atoms with Crippen LogP contribution in [-0.4, -0.2) is 48.9 Å². The maximum Gasteiger partial charge on any atom is 0.220 e. The highest BCUT2D eigenvalue weighted by Crippen LogP contribution is 2.01. The van der Waals surface area contributed by atoms with Gasteiger partial charge in [-0.15, -0.1) is 0 Å². The highest BCUT2D eigenvalue weighted by Gasteiger charge is 2.04. The Bertz CT molecular complexity index is 179. The van der Waals surface area contributed by atoms with Gasteiger partial charge < -0.3 is 15.2 Å². The standard InChI is InChI=1S/C11H23NO3S/c1-10(15-2)4-5-11(14)12-6-9-16-8-3-7-13/h10,13H,3-9H2,1-2H3,(H,12,14). The molecule has 0 aromatic rings. The molecule has 1 amide bonds. The molecule has 0 bridgehead atoms. The third kappa shape index (κ3) is 10.3. The van der Waals surface area contributed by atoms with Crippen LogP contribution in [0.2, 0.25) is 0 Å². The Morgan fingerprint density at radius 2 is 2.25 bits per heavy atom. The van der Waals surface area contributed by atoms with Crippen molar-refractivity contribution in [2.75, 3.05) is 31.8 Å². The minimum absolute atomic E-state index is 0.0895. The second-order valence-electron chi connectivity index (χ2n) is 3.62. The normalized spacial score (nSPS) is 12.4. The van der Waals surface area contributed by atoms with Gasteiger partial charge in [-0.05, 0) is 25.5 Å². The summed E-state index contributed by atoms with van der Waals surface area (Å²) in [5, 5.41) is 11.4. The van der Waals surface area contributed by atoms with Crippen molar-refractivity contribution in [1.82, 2.24) is 5.32 Å². The Kier molecular flexibility index (Phi) is 11.0. The molecule has 0 aliphatic heterocycles. The molecule has 0 aromatic heterocycles. The summed E-state index contributed by atoms with van der Waals surface area (Å²) in [7, 11) is 1.65. The van der Waals surface area contributed by atoms with Gasteiger partial charge in [-0.2, -0.15) is 11.8 Å². The van der Waals surface area contributed by atoms with Crippen molar-refractivity contribution in [3.8, 4) is 0 Å². The lowest BCUT2D eigenvalue weighted by Crippen LogP contribution is -2.26. The van der Waals surface area contributed by atoms with Gasteiger partial charge in [0.15, 0.2) is 0 Å².